The number of amides is 1. The minimum atomic E-state index is -0.159. The van der Waals surface area contributed by atoms with Crippen LogP contribution in [0.3, 0.4) is 0 Å². The van der Waals surface area contributed by atoms with Crippen LogP contribution in [-0.2, 0) is 4.79 Å². The van der Waals surface area contributed by atoms with Crippen LogP contribution in [0.2, 0.25) is 0 Å². The maximum Gasteiger partial charge on any atom is 0.238 e. The molecule has 0 fully saturated rings. The third-order valence-corrected chi connectivity index (χ3v) is 2.84. The van der Waals surface area contributed by atoms with Crippen LogP contribution in [0.25, 0.3) is 0 Å². The first-order valence-electron chi connectivity index (χ1n) is 6.27. The molecule has 102 valence electrons. The van der Waals surface area contributed by atoms with Gasteiger partial charge in [-0.05, 0) is 24.1 Å². The molecule has 0 saturated heterocycles. The number of aliphatic hydroxyl groups is 1. The van der Waals surface area contributed by atoms with E-state index < -0.39 is 0 Å². The molecule has 3 N–H and O–H groups in total. The van der Waals surface area contributed by atoms with E-state index in [1.807, 2.05) is 13.8 Å². The van der Waals surface area contributed by atoms with Gasteiger partial charge in [-0.3, -0.25) is 4.79 Å². The van der Waals surface area contributed by atoms with Gasteiger partial charge in [-0.25, -0.2) is 0 Å². The molecule has 4 nitrogen and oxygen atoms in total. The van der Waals surface area contributed by atoms with Crippen molar-refractivity contribution in [3.8, 4) is 12.3 Å². The second-order valence-corrected chi connectivity index (χ2v) is 4.69. The van der Waals surface area contributed by atoms with Crippen LogP contribution in [0.15, 0.2) is 24.3 Å². The van der Waals surface area contributed by atoms with Gasteiger partial charge in [0, 0.05) is 17.3 Å². The van der Waals surface area contributed by atoms with E-state index in [1.54, 1.807) is 24.3 Å². The Hall–Kier alpha value is -1.83. The van der Waals surface area contributed by atoms with Gasteiger partial charge in [0.25, 0.3) is 0 Å². The molecule has 0 radical (unpaired) electrons. The summed E-state index contributed by atoms with van der Waals surface area (Å²) in [5.41, 5.74) is 1.40. The number of rotatable bonds is 6. The van der Waals surface area contributed by atoms with Gasteiger partial charge in [-0.2, -0.15) is 0 Å². The zero-order valence-corrected chi connectivity index (χ0v) is 11.3. The summed E-state index contributed by atoms with van der Waals surface area (Å²) in [6, 6.07) is 7.04. The topological polar surface area (TPSA) is 61.4 Å². The maximum absolute atomic E-state index is 11.7. The zero-order chi connectivity index (χ0) is 14.3. The van der Waals surface area contributed by atoms with E-state index in [0.717, 1.165) is 5.56 Å². The SMILES string of the molecule is C#Cc1cccc(NC(=O)CN[C@H](CO)C(C)C)c1. The summed E-state index contributed by atoms with van der Waals surface area (Å²) in [6.07, 6.45) is 5.30. The first-order chi connectivity index (χ1) is 9.06. The molecule has 0 saturated carbocycles. The van der Waals surface area contributed by atoms with Crippen LogP contribution in [0.1, 0.15) is 19.4 Å². The molecular weight excluding hydrogens is 240 g/mol. The third kappa shape index (κ3) is 5.12. The fourth-order valence-corrected chi connectivity index (χ4v) is 1.63. The van der Waals surface area contributed by atoms with Crippen molar-refractivity contribution in [2.24, 2.45) is 5.92 Å². The Labute approximate surface area is 114 Å². The Balaban J connectivity index is 2.49. The van der Waals surface area contributed by atoms with E-state index in [9.17, 15) is 4.79 Å². The lowest BCUT2D eigenvalue weighted by Gasteiger charge is -2.19. The van der Waals surface area contributed by atoms with Gasteiger partial charge in [-0.15, -0.1) is 6.42 Å². The highest BCUT2D eigenvalue weighted by molar-refractivity contribution is 5.92. The summed E-state index contributed by atoms with van der Waals surface area (Å²) in [5, 5.41) is 14.9. The number of carbonyl (C=O) groups is 1. The lowest BCUT2D eigenvalue weighted by Crippen LogP contribution is -2.41. The summed E-state index contributed by atoms with van der Waals surface area (Å²) in [6.45, 7) is 4.14. The predicted octanol–water partition coefficient (Wildman–Crippen LogP) is 1.21. The third-order valence-electron chi connectivity index (χ3n) is 2.84. The zero-order valence-electron chi connectivity index (χ0n) is 11.3. The van der Waals surface area contributed by atoms with Gasteiger partial charge < -0.3 is 15.7 Å². The molecule has 0 aliphatic rings. The van der Waals surface area contributed by atoms with E-state index in [1.165, 1.54) is 0 Å². The van der Waals surface area contributed by atoms with Gasteiger partial charge in [0.1, 0.15) is 0 Å². The summed E-state index contributed by atoms with van der Waals surface area (Å²) in [4.78, 5) is 11.7. The van der Waals surface area contributed by atoms with E-state index >= 15 is 0 Å². The van der Waals surface area contributed by atoms with Crippen LogP contribution < -0.4 is 10.6 Å². The maximum atomic E-state index is 11.7. The molecule has 1 amide bonds. The molecule has 1 atom stereocenters. The van der Waals surface area contributed by atoms with Crippen LogP contribution in [-0.4, -0.2) is 30.2 Å². The number of nitrogens with one attached hydrogen (secondary N) is 2. The van der Waals surface area contributed by atoms with Crippen LogP contribution in [0.4, 0.5) is 5.69 Å². The van der Waals surface area contributed by atoms with Crippen molar-refractivity contribution in [1.82, 2.24) is 5.32 Å². The fraction of sp³-hybridized carbons (Fsp3) is 0.400. The van der Waals surface area contributed by atoms with Gasteiger partial charge in [0.05, 0.1) is 13.2 Å². The minimum absolute atomic E-state index is 0.0114. The van der Waals surface area contributed by atoms with Crippen molar-refractivity contribution in [2.75, 3.05) is 18.5 Å². The summed E-state index contributed by atoms with van der Waals surface area (Å²) in [5.74, 6) is 2.62. The van der Waals surface area contributed by atoms with Crippen molar-refractivity contribution in [1.29, 1.82) is 0 Å². The number of aliphatic hydroxyl groups excluding tert-OH is 1. The van der Waals surface area contributed by atoms with Gasteiger partial charge in [-0.1, -0.05) is 25.8 Å². The number of hydrogen-bond donors (Lipinski definition) is 3. The molecule has 0 bridgehead atoms. The lowest BCUT2D eigenvalue weighted by molar-refractivity contribution is -0.115. The second kappa shape index (κ2) is 7.57. The van der Waals surface area contributed by atoms with E-state index in [-0.39, 0.29) is 31.0 Å². The van der Waals surface area contributed by atoms with E-state index in [2.05, 4.69) is 16.6 Å². The molecule has 0 aromatic heterocycles. The lowest BCUT2D eigenvalue weighted by atomic mass is 10.1. The number of terminal acetylenes is 1. The first-order valence-corrected chi connectivity index (χ1v) is 6.27. The number of hydrogen-bond acceptors (Lipinski definition) is 3. The monoisotopic (exact) mass is 260 g/mol. The average molecular weight is 260 g/mol. The summed E-state index contributed by atoms with van der Waals surface area (Å²) in [7, 11) is 0. The van der Waals surface area contributed by atoms with Crippen LogP contribution in [0.5, 0.6) is 0 Å². The first kappa shape index (κ1) is 15.2. The molecule has 4 heteroatoms. The highest BCUT2D eigenvalue weighted by Gasteiger charge is 2.12. The quantitative estimate of drug-likeness (QED) is 0.674. The van der Waals surface area contributed by atoms with Crippen LogP contribution >= 0.6 is 0 Å². The molecule has 0 spiro atoms. The minimum Gasteiger partial charge on any atom is -0.395 e. The Morgan fingerprint density at radius 1 is 1.47 bits per heavy atom. The Morgan fingerprint density at radius 2 is 2.21 bits per heavy atom. The highest BCUT2D eigenvalue weighted by atomic mass is 16.3. The van der Waals surface area contributed by atoms with Crippen molar-refractivity contribution in [2.45, 2.75) is 19.9 Å². The van der Waals surface area contributed by atoms with Crippen molar-refractivity contribution in [3.05, 3.63) is 29.8 Å². The predicted molar refractivity (Wildman–Crippen MR) is 76.7 cm³/mol. The fourth-order valence-electron chi connectivity index (χ4n) is 1.63. The summed E-state index contributed by atoms with van der Waals surface area (Å²) >= 11 is 0. The molecule has 1 aromatic rings. The van der Waals surface area contributed by atoms with Crippen molar-refractivity contribution >= 4 is 11.6 Å². The Morgan fingerprint density at radius 3 is 2.79 bits per heavy atom. The number of anilines is 1. The van der Waals surface area contributed by atoms with E-state index in [0.29, 0.717) is 5.69 Å². The molecule has 1 aromatic carbocycles. The van der Waals surface area contributed by atoms with E-state index in [4.69, 9.17) is 11.5 Å². The van der Waals surface area contributed by atoms with Crippen molar-refractivity contribution < 1.29 is 9.90 Å². The molecule has 1 rings (SSSR count). The Kier molecular flexibility index (Phi) is 6.07. The normalized spacial score (nSPS) is 11.9. The number of carbonyl (C=O) groups excluding carboxylic acids is 1. The second-order valence-electron chi connectivity index (χ2n) is 4.69. The van der Waals surface area contributed by atoms with Crippen LogP contribution in [0, 0.1) is 18.3 Å². The molecule has 19 heavy (non-hydrogen) atoms. The highest BCUT2D eigenvalue weighted by Crippen LogP contribution is 2.09. The smallest absolute Gasteiger partial charge is 0.238 e. The molecule has 0 unspecified atom stereocenters. The summed E-state index contributed by atoms with van der Waals surface area (Å²) < 4.78 is 0. The average Bonchev–Trinajstić information content (AvgIpc) is 2.39. The number of benzene rings is 1. The van der Waals surface area contributed by atoms with Crippen molar-refractivity contribution in [3.63, 3.8) is 0 Å². The Bertz CT molecular complexity index is 463. The van der Waals surface area contributed by atoms with Gasteiger partial charge >= 0.3 is 0 Å². The van der Waals surface area contributed by atoms with Gasteiger partial charge in [0.2, 0.25) is 5.91 Å². The molecular formula is C15H20N2O2. The largest absolute Gasteiger partial charge is 0.395 e. The molecule has 0 heterocycles. The molecule has 0 aliphatic carbocycles. The molecule has 0 aliphatic heterocycles. The van der Waals surface area contributed by atoms with Gasteiger partial charge in [0.15, 0.2) is 0 Å². The standard InChI is InChI=1S/C15H20N2O2/c1-4-12-6-5-7-13(8-12)17-15(19)9-16-14(10-18)11(2)3/h1,5-8,11,14,16,18H,9-10H2,2-3H3,(H,17,19)/t14-/m1/s1.